The first-order valence-electron chi connectivity index (χ1n) is 8.58. The summed E-state index contributed by atoms with van der Waals surface area (Å²) in [6.45, 7) is 15.9. The van der Waals surface area contributed by atoms with E-state index < -0.39 is 0 Å². The molecule has 0 spiro atoms. The Balaban J connectivity index is 2.14. The van der Waals surface area contributed by atoms with E-state index in [1.807, 2.05) is 12.3 Å². The number of anilines is 1. The predicted octanol–water partition coefficient (Wildman–Crippen LogP) is 4.98. The summed E-state index contributed by atoms with van der Waals surface area (Å²) in [5.41, 5.74) is 4.26. The molecule has 1 atom stereocenters. The molecule has 0 N–H and O–H groups in total. The fourth-order valence-corrected chi connectivity index (χ4v) is 3.36. The van der Waals surface area contributed by atoms with Crippen LogP contribution in [0.4, 0.5) is 5.69 Å². The third-order valence-corrected chi connectivity index (χ3v) is 4.85. The molecule has 0 bridgehead atoms. The van der Waals surface area contributed by atoms with Gasteiger partial charge in [-0.05, 0) is 34.1 Å². The smallest absolute Gasteiger partial charge is 0.242 e. The highest BCUT2D eigenvalue weighted by Crippen LogP contribution is 2.51. The first-order valence-corrected chi connectivity index (χ1v) is 8.58. The lowest BCUT2D eigenvalue weighted by Gasteiger charge is -2.27. The lowest BCUT2D eigenvalue weighted by Crippen LogP contribution is -2.21. The highest BCUT2D eigenvalue weighted by Gasteiger charge is 2.60. The van der Waals surface area contributed by atoms with Gasteiger partial charge in [0, 0.05) is 18.8 Å². The van der Waals surface area contributed by atoms with E-state index >= 15 is 0 Å². The number of fused-ring (bicyclic) bond motifs is 1. The average molecular weight is 311 g/mol. The summed E-state index contributed by atoms with van der Waals surface area (Å²) in [4.78, 5) is 4.77. The van der Waals surface area contributed by atoms with Crippen LogP contribution in [0.1, 0.15) is 66.0 Å². The lowest BCUT2D eigenvalue weighted by molar-refractivity contribution is 0.495. The molecule has 23 heavy (non-hydrogen) atoms. The van der Waals surface area contributed by atoms with E-state index in [1.165, 1.54) is 16.8 Å². The van der Waals surface area contributed by atoms with Gasteiger partial charge in [-0.1, -0.05) is 60.6 Å². The quantitative estimate of drug-likeness (QED) is 0.717. The topological polar surface area (TPSA) is 18.4 Å². The molecule has 0 saturated carbocycles. The highest BCUT2D eigenvalue weighted by molar-refractivity contribution is 5.76. The Morgan fingerprint density at radius 1 is 1.04 bits per heavy atom. The monoisotopic (exact) mass is 311 g/mol. The van der Waals surface area contributed by atoms with Crippen molar-refractivity contribution in [3.63, 3.8) is 0 Å². The number of hydrogen-bond acceptors (Lipinski definition) is 3. The van der Waals surface area contributed by atoms with Crippen LogP contribution in [0.15, 0.2) is 35.5 Å². The third kappa shape index (κ3) is 2.46. The minimum atomic E-state index is -0.217. The molecule has 1 saturated heterocycles. The zero-order valence-electron chi connectivity index (χ0n) is 15.5. The second-order valence-electron chi connectivity index (χ2n) is 8.64. The van der Waals surface area contributed by atoms with Crippen molar-refractivity contribution in [3.8, 4) is 0 Å². The fraction of sp³-hybridized carbons (Fsp3) is 0.550. The molecule has 1 aromatic carbocycles. The van der Waals surface area contributed by atoms with Crippen LogP contribution < -0.4 is 5.01 Å². The molecule has 2 aliphatic heterocycles. The molecule has 0 aliphatic carbocycles. The van der Waals surface area contributed by atoms with Crippen molar-refractivity contribution in [2.24, 2.45) is 4.99 Å². The van der Waals surface area contributed by atoms with Gasteiger partial charge in [0.15, 0.2) is 0 Å². The number of hydrazine groups is 1. The summed E-state index contributed by atoms with van der Waals surface area (Å²) in [6, 6.07) is 6.95. The molecule has 3 nitrogen and oxygen atoms in total. The van der Waals surface area contributed by atoms with E-state index in [1.54, 1.807) is 0 Å². The molecular weight excluding hydrogens is 282 g/mol. The molecule has 0 radical (unpaired) electrons. The van der Waals surface area contributed by atoms with Gasteiger partial charge >= 0.3 is 0 Å². The average Bonchev–Trinajstić information content (AvgIpc) is 3.14. The number of hydrogen-bond donors (Lipinski definition) is 0. The van der Waals surface area contributed by atoms with Crippen LogP contribution >= 0.6 is 0 Å². The maximum Gasteiger partial charge on any atom is 0.244 e. The summed E-state index contributed by atoms with van der Waals surface area (Å²) in [6.07, 6.45) is 7.03. The Morgan fingerprint density at radius 3 is 2.26 bits per heavy atom. The van der Waals surface area contributed by atoms with Crippen molar-refractivity contribution >= 4 is 11.9 Å². The molecule has 1 aromatic rings. The van der Waals surface area contributed by atoms with Crippen molar-refractivity contribution in [2.45, 2.75) is 71.5 Å². The maximum absolute atomic E-state index is 4.77. The third-order valence-electron chi connectivity index (χ3n) is 4.85. The molecule has 2 heterocycles. The summed E-state index contributed by atoms with van der Waals surface area (Å²) >= 11 is 0. The van der Waals surface area contributed by atoms with Crippen LogP contribution in [-0.2, 0) is 10.8 Å². The van der Waals surface area contributed by atoms with Gasteiger partial charge in [-0.25, -0.2) is 15.0 Å². The highest BCUT2D eigenvalue weighted by atomic mass is 15.9. The van der Waals surface area contributed by atoms with Crippen LogP contribution in [0.3, 0.4) is 0 Å². The van der Waals surface area contributed by atoms with Gasteiger partial charge in [0.2, 0.25) is 5.79 Å². The molecule has 3 heteroatoms. The van der Waals surface area contributed by atoms with Gasteiger partial charge in [0.1, 0.15) is 0 Å². The van der Waals surface area contributed by atoms with Crippen LogP contribution in [0.2, 0.25) is 0 Å². The summed E-state index contributed by atoms with van der Waals surface area (Å²) in [7, 11) is 0. The van der Waals surface area contributed by atoms with Gasteiger partial charge in [-0.15, -0.1) is 0 Å². The zero-order valence-corrected chi connectivity index (χ0v) is 15.5. The lowest BCUT2D eigenvalue weighted by atomic mass is 9.81. The maximum atomic E-state index is 4.77. The van der Waals surface area contributed by atoms with Gasteiger partial charge in [0.05, 0.1) is 5.69 Å². The SMILES string of the molecule is CCC12N=CC=CN1N2c1cc(C(C)(C)C)ccc1C(C)(C)C. The molecule has 0 aromatic heterocycles. The standard InChI is InChI=1S/C20H29N3/c1-8-20-21-12-9-13-22(20)23(20)17-14-15(18(2,3)4)10-11-16(17)19(5,6)7/h9-14H,8H2,1-7H3. The van der Waals surface area contributed by atoms with Crippen molar-refractivity contribution < 1.29 is 0 Å². The number of rotatable bonds is 2. The summed E-state index contributed by atoms with van der Waals surface area (Å²) in [5.74, 6) is -0.217. The van der Waals surface area contributed by atoms with Crippen LogP contribution in [0, 0.1) is 0 Å². The second-order valence-corrected chi connectivity index (χ2v) is 8.64. The summed E-state index contributed by atoms with van der Waals surface area (Å²) < 4.78 is 0. The number of aliphatic imine (C=N–C) groups is 1. The van der Waals surface area contributed by atoms with Crippen LogP contribution in [-0.4, -0.2) is 17.0 Å². The van der Waals surface area contributed by atoms with E-state index in [0.717, 1.165) is 6.42 Å². The number of allylic oxidation sites excluding steroid dienone is 1. The molecular formula is C20H29N3. The molecule has 1 unspecified atom stereocenters. The van der Waals surface area contributed by atoms with E-state index in [0.29, 0.717) is 0 Å². The van der Waals surface area contributed by atoms with E-state index in [4.69, 9.17) is 4.99 Å². The molecule has 3 rings (SSSR count). The Morgan fingerprint density at radius 2 is 1.74 bits per heavy atom. The van der Waals surface area contributed by atoms with Crippen molar-refractivity contribution in [1.82, 2.24) is 5.01 Å². The number of nitrogens with zero attached hydrogens (tertiary/aromatic N) is 3. The van der Waals surface area contributed by atoms with Gasteiger partial charge in [0.25, 0.3) is 0 Å². The predicted molar refractivity (Wildman–Crippen MR) is 98.8 cm³/mol. The van der Waals surface area contributed by atoms with Gasteiger partial charge in [-0.3, -0.25) is 0 Å². The molecule has 1 fully saturated rings. The first kappa shape index (κ1) is 16.1. The van der Waals surface area contributed by atoms with Crippen LogP contribution in [0.5, 0.6) is 0 Å². The second kappa shape index (κ2) is 4.86. The first-order chi connectivity index (χ1) is 10.6. The molecule has 2 aliphatic rings. The molecule has 124 valence electrons. The van der Waals surface area contributed by atoms with Crippen LogP contribution in [0.25, 0.3) is 0 Å². The van der Waals surface area contributed by atoms with Crippen molar-refractivity contribution in [2.75, 3.05) is 5.01 Å². The minimum absolute atomic E-state index is 0.0982. The van der Waals surface area contributed by atoms with E-state index in [-0.39, 0.29) is 16.6 Å². The zero-order chi connectivity index (χ0) is 17.0. The Kier molecular flexibility index (Phi) is 3.40. The largest absolute Gasteiger partial charge is 0.244 e. The van der Waals surface area contributed by atoms with Crippen molar-refractivity contribution in [1.29, 1.82) is 0 Å². The Bertz CT molecular complexity index is 673. The van der Waals surface area contributed by atoms with Gasteiger partial charge < -0.3 is 0 Å². The molecule has 0 amide bonds. The van der Waals surface area contributed by atoms with Crippen molar-refractivity contribution in [3.05, 3.63) is 41.6 Å². The Labute approximate surface area is 140 Å². The Hall–Kier alpha value is -1.77. The van der Waals surface area contributed by atoms with Gasteiger partial charge in [-0.2, -0.15) is 0 Å². The van der Waals surface area contributed by atoms with E-state index in [9.17, 15) is 0 Å². The van der Waals surface area contributed by atoms with E-state index in [2.05, 4.69) is 82.9 Å². The summed E-state index contributed by atoms with van der Waals surface area (Å²) in [5, 5.41) is 4.60. The fourth-order valence-electron chi connectivity index (χ4n) is 3.36. The normalized spacial score (nSPS) is 23.3. The number of benzene rings is 1. The minimum Gasteiger partial charge on any atom is -0.242 e.